The quantitative estimate of drug-likeness (QED) is 0.546. The number of aryl methyl sites for hydroxylation is 2. The summed E-state index contributed by atoms with van der Waals surface area (Å²) in [6, 6.07) is 2.24. The molecule has 0 amide bonds. The van der Waals surface area contributed by atoms with Gasteiger partial charge in [-0.3, -0.25) is 0 Å². The summed E-state index contributed by atoms with van der Waals surface area (Å²) in [4.78, 5) is 6.79. The minimum Gasteiger partial charge on any atom is -0.370 e. The van der Waals surface area contributed by atoms with E-state index in [1.54, 1.807) is 0 Å². The van der Waals surface area contributed by atoms with Gasteiger partial charge in [-0.1, -0.05) is 0 Å². The summed E-state index contributed by atoms with van der Waals surface area (Å²) >= 11 is 1.85. The number of fused-ring (bicyclic) bond motifs is 1. The molecule has 0 aromatic carbocycles. The molecule has 4 heteroatoms. The van der Waals surface area contributed by atoms with Crippen molar-refractivity contribution in [1.82, 2.24) is 0 Å². The van der Waals surface area contributed by atoms with Crippen LogP contribution in [0.25, 0.3) is 0 Å². The predicted octanol–water partition coefficient (Wildman–Crippen LogP) is 1.01. The fourth-order valence-electron chi connectivity index (χ4n) is 1.64. The van der Waals surface area contributed by atoms with Gasteiger partial charge in [0.25, 0.3) is 0 Å². The molecule has 1 aromatic heterocycles. The SMILES string of the molecule is NC(N)=NCc1cc2c(s1)CCC2. The van der Waals surface area contributed by atoms with Crippen LogP contribution in [0, 0.1) is 0 Å². The molecule has 0 unspecified atom stereocenters. The van der Waals surface area contributed by atoms with E-state index in [1.807, 2.05) is 11.3 Å². The Morgan fingerprint density at radius 1 is 1.46 bits per heavy atom. The van der Waals surface area contributed by atoms with Crippen molar-refractivity contribution < 1.29 is 0 Å². The highest BCUT2D eigenvalue weighted by molar-refractivity contribution is 7.12. The normalized spacial score (nSPS) is 14.2. The maximum absolute atomic E-state index is 5.26. The molecule has 4 N–H and O–H groups in total. The van der Waals surface area contributed by atoms with E-state index in [0.717, 1.165) is 0 Å². The van der Waals surface area contributed by atoms with Gasteiger partial charge in [0.05, 0.1) is 6.54 Å². The van der Waals surface area contributed by atoms with Crippen LogP contribution in [0.4, 0.5) is 0 Å². The van der Waals surface area contributed by atoms with Crippen LogP contribution in [0.15, 0.2) is 11.1 Å². The Bertz CT molecular complexity index is 315. The molecule has 1 heterocycles. The summed E-state index contributed by atoms with van der Waals surface area (Å²) in [5, 5.41) is 0. The smallest absolute Gasteiger partial charge is 0.186 e. The van der Waals surface area contributed by atoms with Crippen LogP contribution in [-0.4, -0.2) is 5.96 Å². The average Bonchev–Trinajstić information content (AvgIpc) is 2.58. The van der Waals surface area contributed by atoms with Crippen LogP contribution < -0.4 is 11.5 Å². The topological polar surface area (TPSA) is 64.4 Å². The maximum Gasteiger partial charge on any atom is 0.186 e. The Morgan fingerprint density at radius 3 is 3.00 bits per heavy atom. The van der Waals surface area contributed by atoms with Gasteiger partial charge in [-0.25, -0.2) is 4.99 Å². The van der Waals surface area contributed by atoms with E-state index in [1.165, 1.54) is 34.6 Å². The first-order chi connectivity index (χ1) is 6.25. The lowest BCUT2D eigenvalue weighted by atomic mass is 10.2. The van der Waals surface area contributed by atoms with Gasteiger partial charge >= 0.3 is 0 Å². The Balaban J connectivity index is 2.11. The van der Waals surface area contributed by atoms with E-state index in [4.69, 9.17) is 11.5 Å². The molecule has 0 bridgehead atoms. The number of hydrogen-bond acceptors (Lipinski definition) is 2. The van der Waals surface area contributed by atoms with Crippen molar-refractivity contribution in [3.63, 3.8) is 0 Å². The standard InChI is InChI=1S/C9H13N3S/c10-9(11)12-5-7-4-6-2-1-3-8(6)13-7/h4H,1-3,5H2,(H4,10,11,12). The van der Waals surface area contributed by atoms with Crippen molar-refractivity contribution in [3.8, 4) is 0 Å². The van der Waals surface area contributed by atoms with Gasteiger partial charge in [0.1, 0.15) is 0 Å². The molecule has 0 saturated heterocycles. The second-order valence-electron chi connectivity index (χ2n) is 3.26. The van der Waals surface area contributed by atoms with Crippen molar-refractivity contribution in [2.45, 2.75) is 25.8 Å². The molecule has 1 aromatic rings. The third-order valence-corrected chi connectivity index (χ3v) is 3.44. The summed E-state index contributed by atoms with van der Waals surface area (Å²) in [5.41, 5.74) is 12.0. The molecule has 70 valence electrons. The van der Waals surface area contributed by atoms with Crippen LogP contribution in [0.5, 0.6) is 0 Å². The monoisotopic (exact) mass is 195 g/mol. The second kappa shape index (κ2) is 3.38. The first kappa shape index (κ1) is 8.56. The molecule has 13 heavy (non-hydrogen) atoms. The largest absolute Gasteiger partial charge is 0.370 e. The number of hydrogen-bond donors (Lipinski definition) is 2. The van der Waals surface area contributed by atoms with Crippen molar-refractivity contribution >= 4 is 17.3 Å². The molecule has 0 radical (unpaired) electrons. The van der Waals surface area contributed by atoms with E-state index in [2.05, 4.69) is 11.1 Å². The molecule has 0 atom stereocenters. The fourth-order valence-corrected chi connectivity index (χ4v) is 2.82. The highest BCUT2D eigenvalue weighted by Gasteiger charge is 2.14. The summed E-state index contributed by atoms with van der Waals surface area (Å²) in [6.45, 7) is 0.639. The van der Waals surface area contributed by atoms with Crippen LogP contribution in [0.1, 0.15) is 21.7 Å². The Morgan fingerprint density at radius 2 is 2.31 bits per heavy atom. The van der Waals surface area contributed by atoms with Crippen molar-refractivity contribution in [1.29, 1.82) is 0 Å². The molecule has 0 aliphatic heterocycles. The molecule has 0 saturated carbocycles. The summed E-state index contributed by atoms with van der Waals surface area (Å²) < 4.78 is 0. The number of aliphatic imine (C=N–C) groups is 1. The number of rotatable bonds is 2. The Kier molecular flexibility index (Phi) is 2.22. The first-order valence-electron chi connectivity index (χ1n) is 4.41. The lowest BCUT2D eigenvalue weighted by Crippen LogP contribution is -2.22. The van der Waals surface area contributed by atoms with Gasteiger partial charge in [0.15, 0.2) is 5.96 Å². The minimum absolute atomic E-state index is 0.175. The molecule has 1 aliphatic rings. The number of nitrogens with two attached hydrogens (primary N) is 2. The summed E-state index contributed by atoms with van der Waals surface area (Å²) in [5.74, 6) is 0.175. The van der Waals surface area contributed by atoms with E-state index in [0.29, 0.717) is 6.54 Å². The Hall–Kier alpha value is -1.03. The van der Waals surface area contributed by atoms with Crippen LogP contribution >= 0.6 is 11.3 Å². The van der Waals surface area contributed by atoms with Gasteiger partial charge < -0.3 is 11.5 Å². The predicted molar refractivity (Wildman–Crippen MR) is 55.9 cm³/mol. The van der Waals surface area contributed by atoms with Gasteiger partial charge in [0, 0.05) is 9.75 Å². The van der Waals surface area contributed by atoms with Crippen LogP contribution in [-0.2, 0) is 19.4 Å². The molecule has 0 spiro atoms. The molecule has 1 aliphatic carbocycles. The first-order valence-corrected chi connectivity index (χ1v) is 5.23. The van der Waals surface area contributed by atoms with Gasteiger partial charge in [0.2, 0.25) is 0 Å². The molecule has 0 fully saturated rings. The van der Waals surface area contributed by atoms with E-state index < -0.39 is 0 Å². The van der Waals surface area contributed by atoms with Crippen molar-refractivity contribution in [2.75, 3.05) is 0 Å². The summed E-state index contributed by atoms with van der Waals surface area (Å²) in [6.07, 6.45) is 3.78. The summed E-state index contributed by atoms with van der Waals surface area (Å²) in [7, 11) is 0. The zero-order valence-electron chi connectivity index (χ0n) is 7.42. The third-order valence-electron chi connectivity index (χ3n) is 2.22. The van der Waals surface area contributed by atoms with Gasteiger partial charge in [-0.05, 0) is 30.9 Å². The van der Waals surface area contributed by atoms with E-state index >= 15 is 0 Å². The zero-order chi connectivity index (χ0) is 9.26. The highest BCUT2D eigenvalue weighted by atomic mass is 32.1. The lowest BCUT2D eigenvalue weighted by molar-refractivity contribution is 0.912. The van der Waals surface area contributed by atoms with Gasteiger partial charge in [-0.15, -0.1) is 11.3 Å². The number of guanidine groups is 1. The lowest BCUT2D eigenvalue weighted by Gasteiger charge is -1.91. The molecular formula is C9H13N3S. The van der Waals surface area contributed by atoms with E-state index in [-0.39, 0.29) is 5.96 Å². The van der Waals surface area contributed by atoms with Crippen LogP contribution in [0.2, 0.25) is 0 Å². The van der Waals surface area contributed by atoms with Crippen molar-refractivity contribution in [3.05, 3.63) is 21.4 Å². The fraction of sp³-hybridized carbons (Fsp3) is 0.444. The molecular weight excluding hydrogens is 182 g/mol. The molecule has 2 rings (SSSR count). The maximum atomic E-state index is 5.26. The van der Waals surface area contributed by atoms with Crippen molar-refractivity contribution in [2.24, 2.45) is 16.5 Å². The third kappa shape index (κ3) is 1.83. The Labute approximate surface area is 81.5 Å². The van der Waals surface area contributed by atoms with E-state index in [9.17, 15) is 0 Å². The highest BCUT2D eigenvalue weighted by Crippen LogP contribution is 2.30. The molecule has 3 nitrogen and oxygen atoms in total. The number of thiophene rings is 1. The second-order valence-corrected chi connectivity index (χ2v) is 4.48. The van der Waals surface area contributed by atoms with Gasteiger partial charge in [-0.2, -0.15) is 0 Å². The zero-order valence-corrected chi connectivity index (χ0v) is 8.23. The minimum atomic E-state index is 0.175. The van der Waals surface area contributed by atoms with Crippen LogP contribution in [0.3, 0.4) is 0 Å². The average molecular weight is 195 g/mol. The number of nitrogens with zero attached hydrogens (tertiary/aromatic N) is 1.